The maximum atomic E-state index is 13.1. The molecule has 0 bridgehead atoms. The molecule has 2 aromatic carbocycles. The number of rotatable bonds is 6. The second kappa shape index (κ2) is 8.57. The third-order valence-electron chi connectivity index (χ3n) is 4.85. The summed E-state index contributed by atoms with van der Waals surface area (Å²) in [6.45, 7) is 7.39. The van der Waals surface area contributed by atoms with Crippen LogP contribution in [0.5, 0.6) is 0 Å². The van der Waals surface area contributed by atoms with Crippen LogP contribution in [0, 0.1) is 0 Å². The Bertz CT molecular complexity index is 1050. The molecule has 0 spiro atoms. The lowest BCUT2D eigenvalue weighted by molar-refractivity contribution is 0.0675. The van der Waals surface area contributed by atoms with E-state index in [0.29, 0.717) is 35.4 Å². The normalized spacial score (nSPS) is 11.6. The summed E-state index contributed by atoms with van der Waals surface area (Å²) < 4.78 is 5.17. The number of methoxy groups -OCH3 is 1. The van der Waals surface area contributed by atoms with Crippen LogP contribution in [0.4, 0.5) is 0 Å². The first-order chi connectivity index (χ1) is 13.8. The molecular weight excluding hydrogens is 366 g/mol. The van der Waals surface area contributed by atoms with Crippen molar-refractivity contribution in [1.82, 2.24) is 14.9 Å². The topological polar surface area (TPSA) is 75.3 Å². The average Bonchev–Trinajstić information content (AvgIpc) is 2.70. The van der Waals surface area contributed by atoms with Gasteiger partial charge in [-0.25, -0.2) is 4.98 Å². The molecule has 29 heavy (non-hydrogen) atoms. The van der Waals surface area contributed by atoms with Crippen LogP contribution in [0.25, 0.3) is 10.9 Å². The number of para-hydroxylation sites is 1. The third kappa shape index (κ3) is 4.90. The molecule has 1 heterocycles. The highest BCUT2D eigenvalue weighted by Gasteiger charge is 2.19. The maximum absolute atomic E-state index is 13.1. The van der Waals surface area contributed by atoms with E-state index in [1.807, 2.05) is 30.3 Å². The lowest BCUT2D eigenvalue weighted by Crippen LogP contribution is -2.34. The van der Waals surface area contributed by atoms with E-state index in [1.54, 1.807) is 30.2 Å². The predicted molar refractivity (Wildman–Crippen MR) is 114 cm³/mol. The van der Waals surface area contributed by atoms with Crippen LogP contribution in [0.15, 0.2) is 53.3 Å². The Morgan fingerprint density at radius 1 is 1.10 bits per heavy atom. The molecule has 0 radical (unpaired) electrons. The van der Waals surface area contributed by atoms with Gasteiger partial charge in [-0.05, 0) is 35.2 Å². The molecule has 0 unspecified atom stereocenters. The Hall–Kier alpha value is -2.99. The number of nitrogens with one attached hydrogen (secondary N) is 1. The highest BCUT2D eigenvalue weighted by Crippen LogP contribution is 2.22. The second-order valence-corrected chi connectivity index (χ2v) is 8.08. The van der Waals surface area contributed by atoms with Gasteiger partial charge in [0.1, 0.15) is 5.82 Å². The Morgan fingerprint density at radius 3 is 2.45 bits per heavy atom. The Balaban J connectivity index is 1.88. The zero-order valence-electron chi connectivity index (χ0n) is 17.4. The maximum Gasteiger partial charge on any atom is 0.258 e. The Morgan fingerprint density at radius 2 is 1.79 bits per heavy atom. The summed E-state index contributed by atoms with van der Waals surface area (Å²) in [5.74, 6) is 0.322. The van der Waals surface area contributed by atoms with E-state index in [0.717, 1.165) is 5.56 Å². The van der Waals surface area contributed by atoms with E-state index in [1.165, 1.54) is 0 Å². The van der Waals surface area contributed by atoms with Gasteiger partial charge in [0, 0.05) is 19.2 Å². The summed E-state index contributed by atoms with van der Waals surface area (Å²) in [4.78, 5) is 34.4. The molecule has 152 valence electrons. The number of benzene rings is 2. The van der Waals surface area contributed by atoms with Gasteiger partial charge in [-0.2, -0.15) is 0 Å². The number of amides is 1. The van der Waals surface area contributed by atoms with Gasteiger partial charge in [0.2, 0.25) is 0 Å². The minimum atomic E-state index is -0.209. The summed E-state index contributed by atoms with van der Waals surface area (Å²) in [6, 6.07) is 14.8. The van der Waals surface area contributed by atoms with Gasteiger partial charge in [-0.15, -0.1) is 0 Å². The number of carbonyl (C=O) groups excluding carboxylic acids is 1. The molecule has 0 aliphatic heterocycles. The monoisotopic (exact) mass is 393 g/mol. The minimum Gasteiger partial charge on any atom is -0.383 e. The SMILES string of the molecule is COCCN(Cc1nc2ccccc2c(=O)[nH]1)C(=O)c1ccc(C(C)(C)C)cc1. The van der Waals surface area contributed by atoms with Crippen molar-refractivity contribution >= 4 is 16.8 Å². The molecular formula is C23H27N3O3. The molecule has 1 amide bonds. The zero-order valence-corrected chi connectivity index (χ0v) is 17.4. The highest BCUT2D eigenvalue weighted by molar-refractivity contribution is 5.94. The summed E-state index contributed by atoms with van der Waals surface area (Å²) in [6.07, 6.45) is 0. The highest BCUT2D eigenvalue weighted by atomic mass is 16.5. The van der Waals surface area contributed by atoms with Crippen molar-refractivity contribution in [3.8, 4) is 0 Å². The van der Waals surface area contributed by atoms with Crippen LogP contribution in [-0.2, 0) is 16.7 Å². The molecule has 1 aromatic heterocycles. The molecule has 0 saturated heterocycles. The van der Waals surface area contributed by atoms with Gasteiger partial charge in [-0.1, -0.05) is 45.0 Å². The van der Waals surface area contributed by atoms with Gasteiger partial charge < -0.3 is 14.6 Å². The molecule has 0 atom stereocenters. The molecule has 0 aliphatic rings. The molecule has 0 fully saturated rings. The van der Waals surface area contributed by atoms with E-state index in [2.05, 4.69) is 30.7 Å². The van der Waals surface area contributed by atoms with Crippen molar-refractivity contribution in [2.24, 2.45) is 0 Å². The van der Waals surface area contributed by atoms with Crippen LogP contribution >= 0.6 is 0 Å². The zero-order chi connectivity index (χ0) is 21.0. The van der Waals surface area contributed by atoms with Crippen molar-refractivity contribution in [1.29, 1.82) is 0 Å². The predicted octanol–water partition coefficient (Wildman–Crippen LogP) is 3.51. The molecule has 0 aliphatic carbocycles. The molecule has 6 nitrogen and oxygen atoms in total. The number of aromatic nitrogens is 2. The van der Waals surface area contributed by atoms with Gasteiger partial charge in [0.15, 0.2) is 0 Å². The van der Waals surface area contributed by atoms with Crippen LogP contribution < -0.4 is 5.56 Å². The minimum absolute atomic E-state index is 0.0197. The number of fused-ring (bicyclic) bond motifs is 1. The van der Waals surface area contributed by atoms with Crippen molar-refractivity contribution in [3.05, 3.63) is 75.8 Å². The lowest BCUT2D eigenvalue weighted by Gasteiger charge is -2.23. The van der Waals surface area contributed by atoms with Crippen LogP contribution in [-0.4, -0.2) is 41.0 Å². The first-order valence-electron chi connectivity index (χ1n) is 9.66. The molecule has 3 rings (SSSR count). The van der Waals surface area contributed by atoms with Crippen molar-refractivity contribution in [2.75, 3.05) is 20.3 Å². The van der Waals surface area contributed by atoms with Crippen molar-refractivity contribution < 1.29 is 9.53 Å². The van der Waals surface area contributed by atoms with Gasteiger partial charge in [-0.3, -0.25) is 9.59 Å². The molecule has 3 aromatic rings. The molecule has 6 heteroatoms. The van der Waals surface area contributed by atoms with Gasteiger partial charge in [0.05, 0.1) is 24.1 Å². The first-order valence-corrected chi connectivity index (χ1v) is 9.66. The smallest absolute Gasteiger partial charge is 0.258 e. The number of nitrogens with zero attached hydrogens (tertiary/aromatic N) is 2. The van der Waals surface area contributed by atoms with Crippen molar-refractivity contribution in [3.63, 3.8) is 0 Å². The molecule has 1 N–H and O–H groups in total. The number of H-pyrrole nitrogens is 1. The number of hydrogen-bond acceptors (Lipinski definition) is 4. The largest absolute Gasteiger partial charge is 0.383 e. The number of aromatic amines is 1. The van der Waals surface area contributed by atoms with Gasteiger partial charge >= 0.3 is 0 Å². The summed E-state index contributed by atoms with van der Waals surface area (Å²) in [5.41, 5.74) is 2.18. The summed E-state index contributed by atoms with van der Waals surface area (Å²) in [7, 11) is 1.59. The van der Waals surface area contributed by atoms with Crippen LogP contribution in [0.2, 0.25) is 0 Å². The number of hydrogen-bond donors (Lipinski definition) is 1. The third-order valence-corrected chi connectivity index (χ3v) is 4.85. The Labute approximate surface area is 170 Å². The van der Waals surface area contributed by atoms with E-state index >= 15 is 0 Å². The number of carbonyl (C=O) groups is 1. The lowest BCUT2D eigenvalue weighted by atomic mass is 9.86. The van der Waals surface area contributed by atoms with Crippen LogP contribution in [0.3, 0.4) is 0 Å². The fourth-order valence-corrected chi connectivity index (χ4v) is 3.14. The Kier molecular flexibility index (Phi) is 6.13. The standard InChI is InChI=1S/C23H27N3O3/c1-23(2,3)17-11-9-16(10-12-17)22(28)26(13-14-29-4)15-20-24-19-8-6-5-7-18(19)21(27)25-20/h5-12H,13-15H2,1-4H3,(H,24,25,27). The second-order valence-electron chi connectivity index (χ2n) is 8.08. The van der Waals surface area contributed by atoms with E-state index < -0.39 is 0 Å². The van der Waals surface area contributed by atoms with Gasteiger partial charge in [0.25, 0.3) is 11.5 Å². The quantitative estimate of drug-likeness (QED) is 0.695. The summed E-state index contributed by atoms with van der Waals surface area (Å²) in [5, 5.41) is 0.531. The number of ether oxygens (including phenoxy) is 1. The first kappa shape index (κ1) is 20.7. The van der Waals surface area contributed by atoms with Crippen LogP contribution in [0.1, 0.15) is 42.5 Å². The fourth-order valence-electron chi connectivity index (χ4n) is 3.14. The van der Waals surface area contributed by atoms with E-state index in [9.17, 15) is 9.59 Å². The summed E-state index contributed by atoms with van der Waals surface area (Å²) >= 11 is 0. The van der Waals surface area contributed by atoms with Crippen molar-refractivity contribution in [2.45, 2.75) is 32.7 Å². The fraction of sp³-hybridized carbons (Fsp3) is 0.348. The molecule has 0 saturated carbocycles. The average molecular weight is 393 g/mol. The van der Waals surface area contributed by atoms with E-state index in [4.69, 9.17) is 4.74 Å². The van der Waals surface area contributed by atoms with E-state index in [-0.39, 0.29) is 23.4 Å².